The normalized spacial score (nSPS) is 13.1. The first-order chi connectivity index (χ1) is 13.5. The highest BCUT2D eigenvalue weighted by Gasteiger charge is 2.18. The number of hydrogen-bond acceptors (Lipinski definition) is 5. The summed E-state index contributed by atoms with van der Waals surface area (Å²) in [7, 11) is 0. The van der Waals surface area contributed by atoms with E-state index in [9.17, 15) is 9.59 Å². The second-order valence-electron chi connectivity index (χ2n) is 6.50. The van der Waals surface area contributed by atoms with Crippen molar-refractivity contribution in [3.05, 3.63) is 42.5 Å². The van der Waals surface area contributed by atoms with Gasteiger partial charge in [0.05, 0.1) is 5.25 Å². The summed E-state index contributed by atoms with van der Waals surface area (Å²) in [6.07, 6.45) is 2.37. The summed E-state index contributed by atoms with van der Waals surface area (Å²) >= 11 is 1.44. The largest absolute Gasteiger partial charge is 0.454 e. The average molecular weight is 401 g/mol. The summed E-state index contributed by atoms with van der Waals surface area (Å²) in [6.45, 7) is 4.10. The Labute approximate surface area is 169 Å². The van der Waals surface area contributed by atoms with E-state index in [1.54, 1.807) is 18.2 Å². The molecule has 0 fully saturated rings. The fraction of sp³-hybridized carbons (Fsp3) is 0.333. The molecule has 0 aromatic heterocycles. The van der Waals surface area contributed by atoms with Gasteiger partial charge in [-0.05, 0) is 43.7 Å². The van der Waals surface area contributed by atoms with Crippen LogP contribution < -0.4 is 20.1 Å². The summed E-state index contributed by atoms with van der Waals surface area (Å²) in [4.78, 5) is 25.3. The molecule has 1 atom stereocenters. The lowest BCUT2D eigenvalue weighted by molar-refractivity contribution is -0.116. The first kappa shape index (κ1) is 20.1. The second-order valence-corrected chi connectivity index (χ2v) is 7.91. The van der Waals surface area contributed by atoms with Crippen molar-refractivity contribution in [3.8, 4) is 11.5 Å². The van der Waals surface area contributed by atoms with Gasteiger partial charge in [0.25, 0.3) is 0 Å². The second kappa shape index (κ2) is 9.50. The van der Waals surface area contributed by atoms with Crippen molar-refractivity contribution in [2.75, 3.05) is 17.4 Å². The molecule has 28 heavy (non-hydrogen) atoms. The van der Waals surface area contributed by atoms with Crippen LogP contribution in [0.4, 0.5) is 11.4 Å². The minimum Gasteiger partial charge on any atom is -0.454 e. The van der Waals surface area contributed by atoms with E-state index in [1.807, 2.05) is 31.2 Å². The van der Waals surface area contributed by atoms with Gasteiger partial charge in [0.2, 0.25) is 18.6 Å². The van der Waals surface area contributed by atoms with Crippen LogP contribution in [0.2, 0.25) is 0 Å². The van der Waals surface area contributed by atoms with E-state index in [-0.39, 0.29) is 23.9 Å². The zero-order chi connectivity index (χ0) is 19.9. The highest BCUT2D eigenvalue weighted by atomic mass is 32.2. The third-order valence-electron chi connectivity index (χ3n) is 4.20. The number of nitrogens with one attached hydrogen (secondary N) is 2. The molecule has 6 nitrogen and oxygen atoms in total. The maximum absolute atomic E-state index is 12.5. The maximum atomic E-state index is 12.5. The Bertz CT molecular complexity index is 856. The van der Waals surface area contributed by atoms with Crippen LogP contribution in [-0.2, 0) is 9.59 Å². The summed E-state index contributed by atoms with van der Waals surface area (Å²) in [5.74, 6) is 1.21. The number of amides is 2. The number of rotatable bonds is 8. The van der Waals surface area contributed by atoms with Gasteiger partial charge in [-0.15, -0.1) is 11.8 Å². The van der Waals surface area contributed by atoms with E-state index < -0.39 is 0 Å². The summed E-state index contributed by atoms with van der Waals surface area (Å²) < 4.78 is 10.6. The number of ether oxygens (including phenoxy) is 2. The molecular formula is C21H24N2O4S. The Kier molecular flexibility index (Phi) is 6.81. The first-order valence-electron chi connectivity index (χ1n) is 9.32. The monoisotopic (exact) mass is 400 g/mol. The number of unbranched alkanes of at least 4 members (excludes halogenated alkanes) is 1. The van der Waals surface area contributed by atoms with E-state index in [0.29, 0.717) is 23.6 Å². The molecule has 2 aromatic rings. The molecule has 1 unspecified atom stereocenters. The lowest BCUT2D eigenvalue weighted by Crippen LogP contribution is -2.22. The Morgan fingerprint density at radius 3 is 2.68 bits per heavy atom. The van der Waals surface area contributed by atoms with Crippen molar-refractivity contribution in [2.24, 2.45) is 0 Å². The number of anilines is 2. The number of carbonyl (C=O) groups is 2. The third kappa shape index (κ3) is 5.42. The van der Waals surface area contributed by atoms with Gasteiger partial charge < -0.3 is 20.1 Å². The van der Waals surface area contributed by atoms with E-state index in [2.05, 4.69) is 17.6 Å². The van der Waals surface area contributed by atoms with Gasteiger partial charge in [-0.1, -0.05) is 19.4 Å². The molecule has 2 aromatic carbocycles. The van der Waals surface area contributed by atoms with Crippen LogP contribution in [0, 0.1) is 0 Å². The maximum Gasteiger partial charge on any atom is 0.237 e. The van der Waals surface area contributed by atoms with Crippen molar-refractivity contribution in [1.82, 2.24) is 0 Å². The molecule has 3 rings (SSSR count). The molecular weight excluding hydrogens is 376 g/mol. The van der Waals surface area contributed by atoms with Gasteiger partial charge in [-0.3, -0.25) is 9.59 Å². The third-order valence-corrected chi connectivity index (χ3v) is 5.29. The van der Waals surface area contributed by atoms with Gasteiger partial charge in [0.1, 0.15) is 0 Å². The number of carbonyl (C=O) groups excluding carboxylic acids is 2. The molecule has 0 spiro atoms. The van der Waals surface area contributed by atoms with E-state index in [0.717, 1.165) is 23.4 Å². The van der Waals surface area contributed by atoms with Crippen LogP contribution in [0.25, 0.3) is 0 Å². The average Bonchev–Trinajstić information content (AvgIpc) is 3.14. The van der Waals surface area contributed by atoms with Crippen molar-refractivity contribution in [3.63, 3.8) is 0 Å². The van der Waals surface area contributed by atoms with E-state index >= 15 is 0 Å². The Balaban J connectivity index is 1.56. The summed E-state index contributed by atoms with van der Waals surface area (Å²) in [5, 5.41) is 5.49. The fourth-order valence-corrected chi connectivity index (χ4v) is 3.61. The van der Waals surface area contributed by atoms with Crippen molar-refractivity contribution >= 4 is 35.0 Å². The molecule has 2 N–H and O–H groups in total. The quantitative estimate of drug-likeness (QED) is 0.630. The van der Waals surface area contributed by atoms with Crippen LogP contribution in [-0.4, -0.2) is 23.9 Å². The lowest BCUT2D eigenvalue weighted by Gasteiger charge is -2.13. The van der Waals surface area contributed by atoms with Crippen molar-refractivity contribution in [2.45, 2.75) is 43.3 Å². The molecule has 2 amide bonds. The molecule has 148 valence electrons. The van der Waals surface area contributed by atoms with Gasteiger partial charge >= 0.3 is 0 Å². The standard InChI is InChI=1S/C21H24N2O4S/c1-3-4-8-20(24)22-15-6-5-7-17(11-15)28-14(2)21(25)23-16-9-10-18-19(12-16)27-13-26-18/h5-7,9-12,14H,3-4,8,13H2,1-2H3,(H,22,24)(H,23,25). The minimum atomic E-state index is -0.309. The molecule has 0 saturated heterocycles. The van der Waals surface area contributed by atoms with Crippen LogP contribution in [0.15, 0.2) is 47.4 Å². The number of fused-ring (bicyclic) bond motifs is 1. The Morgan fingerprint density at radius 1 is 1.07 bits per heavy atom. The predicted molar refractivity (Wildman–Crippen MR) is 111 cm³/mol. The smallest absolute Gasteiger partial charge is 0.237 e. The van der Waals surface area contributed by atoms with Gasteiger partial charge in [0, 0.05) is 28.8 Å². The number of thioether (sulfide) groups is 1. The zero-order valence-corrected chi connectivity index (χ0v) is 16.8. The SMILES string of the molecule is CCCCC(=O)Nc1cccc(SC(C)C(=O)Nc2ccc3c(c2)OCO3)c1. The van der Waals surface area contributed by atoms with E-state index in [4.69, 9.17) is 9.47 Å². The highest BCUT2D eigenvalue weighted by Crippen LogP contribution is 2.34. The Morgan fingerprint density at radius 2 is 1.86 bits per heavy atom. The molecule has 1 aliphatic heterocycles. The minimum absolute atomic E-state index is 0.0117. The Hall–Kier alpha value is -2.67. The molecule has 1 heterocycles. The van der Waals surface area contributed by atoms with Crippen LogP contribution in [0.1, 0.15) is 33.1 Å². The molecule has 0 radical (unpaired) electrons. The number of hydrogen-bond donors (Lipinski definition) is 2. The fourth-order valence-electron chi connectivity index (χ4n) is 2.68. The molecule has 1 aliphatic rings. The van der Waals surface area contributed by atoms with Crippen molar-refractivity contribution in [1.29, 1.82) is 0 Å². The van der Waals surface area contributed by atoms with Crippen LogP contribution >= 0.6 is 11.8 Å². The highest BCUT2D eigenvalue weighted by molar-refractivity contribution is 8.00. The lowest BCUT2D eigenvalue weighted by atomic mass is 10.2. The molecule has 7 heteroatoms. The topological polar surface area (TPSA) is 76.7 Å². The molecule has 0 bridgehead atoms. The van der Waals surface area contributed by atoms with Gasteiger partial charge in [0.15, 0.2) is 11.5 Å². The number of benzene rings is 2. The van der Waals surface area contributed by atoms with Gasteiger partial charge in [-0.25, -0.2) is 0 Å². The molecule has 0 aliphatic carbocycles. The summed E-state index contributed by atoms with van der Waals surface area (Å²) in [6, 6.07) is 12.9. The van der Waals surface area contributed by atoms with Crippen molar-refractivity contribution < 1.29 is 19.1 Å². The van der Waals surface area contributed by atoms with E-state index in [1.165, 1.54) is 11.8 Å². The predicted octanol–water partition coefficient (Wildman–Crippen LogP) is 4.66. The molecule has 0 saturated carbocycles. The first-order valence-corrected chi connectivity index (χ1v) is 10.2. The van der Waals surface area contributed by atoms with Crippen LogP contribution in [0.5, 0.6) is 11.5 Å². The van der Waals surface area contributed by atoms with Gasteiger partial charge in [-0.2, -0.15) is 0 Å². The van der Waals surface area contributed by atoms with Crippen LogP contribution in [0.3, 0.4) is 0 Å². The summed E-state index contributed by atoms with van der Waals surface area (Å²) in [5.41, 5.74) is 1.41. The zero-order valence-electron chi connectivity index (χ0n) is 16.0.